The van der Waals surface area contributed by atoms with Crippen molar-refractivity contribution in [2.75, 3.05) is 6.61 Å². The van der Waals surface area contributed by atoms with Crippen LogP contribution in [0.2, 0.25) is 0 Å². The van der Waals surface area contributed by atoms with Crippen molar-refractivity contribution in [3.05, 3.63) is 0 Å². The van der Waals surface area contributed by atoms with Crippen LogP contribution in [0.3, 0.4) is 0 Å². The average molecular weight is 394 g/mol. The van der Waals surface area contributed by atoms with Crippen LogP contribution >= 0.6 is 0 Å². The minimum atomic E-state index is -1.47. The van der Waals surface area contributed by atoms with Crippen molar-refractivity contribution in [2.24, 2.45) is 34.0 Å². The first-order valence-corrected chi connectivity index (χ1v) is 10.1. The van der Waals surface area contributed by atoms with Crippen LogP contribution in [0.4, 0.5) is 0 Å². The van der Waals surface area contributed by atoms with E-state index in [2.05, 4.69) is 0 Å². The maximum absolute atomic E-state index is 13.3. The highest BCUT2D eigenvalue weighted by atomic mass is 16.7. The minimum absolute atomic E-state index is 0.0174. The molecule has 6 aliphatic rings. The fourth-order valence-corrected chi connectivity index (χ4v) is 8.40. The number of hydrogen-bond acceptors (Lipinski definition) is 8. The number of hydrogen-bond donors (Lipinski definition) is 2. The van der Waals surface area contributed by atoms with Crippen molar-refractivity contribution >= 4 is 11.9 Å². The maximum Gasteiger partial charge on any atom is 0.340 e. The van der Waals surface area contributed by atoms with Crippen LogP contribution in [0.1, 0.15) is 34.1 Å². The van der Waals surface area contributed by atoms with Crippen LogP contribution < -0.4 is 0 Å². The summed E-state index contributed by atoms with van der Waals surface area (Å²) in [5.74, 6) is -1.92. The molecule has 2 N–H and O–H groups in total. The number of aliphatic hydroxyl groups is 2. The van der Waals surface area contributed by atoms with Gasteiger partial charge in [0.2, 0.25) is 6.29 Å². The van der Waals surface area contributed by atoms with Crippen molar-refractivity contribution < 1.29 is 38.7 Å². The van der Waals surface area contributed by atoms with E-state index in [4.69, 9.17) is 18.9 Å². The van der Waals surface area contributed by atoms with Gasteiger partial charge in [0, 0.05) is 11.8 Å². The Kier molecular flexibility index (Phi) is 2.88. The summed E-state index contributed by atoms with van der Waals surface area (Å²) < 4.78 is 23.7. The van der Waals surface area contributed by atoms with E-state index in [9.17, 15) is 19.8 Å². The number of carbonyl (C=O) groups is 2. The zero-order chi connectivity index (χ0) is 20.0. The Bertz CT molecular complexity index is 805. The maximum atomic E-state index is 13.3. The van der Waals surface area contributed by atoms with E-state index in [1.807, 2.05) is 27.7 Å². The van der Waals surface area contributed by atoms with Crippen molar-refractivity contribution in [3.63, 3.8) is 0 Å². The van der Waals surface area contributed by atoms with Crippen LogP contribution in [0.5, 0.6) is 0 Å². The third kappa shape index (κ3) is 1.35. The highest BCUT2D eigenvalue weighted by Crippen LogP contribution is 2.83. The summed E-state index contributed by atoms with van der Waals surface area (Å²) in [5, 5.41) is 23.1. The molecule has 28 heavy (non-hydrogen) atoms. The largest absolute Gasteiger partial charge is 0.457 e. The number of aliphatic hydroxyl groups excluding tert-OH is 2. The molecule has 0 radical (unpaired) electrons. The van der Waals surface area contributed by atoms with Gasteiger partial charge in [0.15, 0.2) is 5.60 Å². The van der Waals surface area contributed by atoms with E-state index >= 15 is 0 Å². The Morgan fingerprint density at radius 3 is 2.54 bits per heavy atom. The lowest BCUT2D eigenvalue weighted by Crippen LogP contribution is -2.59. The SMILES string of the molecule is C[C@@H]1COC2C1C13O[C@@H]4OC(=O)CC45[C@H](C(C)(C)C)[C@@H](O)C(OC1=O)C35C2O. The first kappa shape index (κ1) is 17.6. The number of fused-ring (bicyclic) bond motifs is 1. The van der Waals surface area contributed by atoms with Crippen molar-refractivity contribution in [2.45, 2.75) is 70.4 Å². The van der Waals surface area contributed by atoms with Crippen LogP contribution in [0.25, 0.3) is 0 Å². The standard InChI is InChI=1S/C20H26O8/c1-7-6-25-11-9(7)20-15(24)27-14-10(22)12(17(2,3)4)18(19(14,20)13(11)23)5-8(21)26-16(18)28-20/h7,9-14,16,22-23H,5-6H2,1-4H3/t7-,9?,10-,11?,12+,13?,14?,16+,18?,19?,20?/m1/s1. The van der Waals surface area contributed by atoms with E-state index in [0.717, 1.165) is 0 Å². The number of ether oxygens (including phenoxy) is 4. The smallest absolute Gasteiger partial charge is 0.340 e. The molecule has 0 aromatic rings. The number of esters is 2. The third-order valence-electron chi connectivity index (χ3n) is 8.67. The predicted molar refractivity (Wildman–Crippen MR) is 90.4 cm³/mol. The quantitative estimate of drug-likeness (QED) is 0.552. The number of carbonyl (C=O) groups excluding carboxylic acids is 2. The molecule has 11 atom stereocenters. The Morgan fingerprint density at radius 2 is 1.86 bits per heavy atom. The first-order chi connectivity index (χ1) is 13.0. The summed E-state index contributed by atoms with van der Waals surface area (Å²) in [6, 6.07) is 0. The Balaban J connectivity index is 1.69. The van der Waals surface area contributed by atoms with Crippen molar-refractivity contribution in [1.29, 1.82) is 0 Å². The van der Waals surface area contributed by atoms with Gasteiger partial charge >= 0.3 is 11.9 Å². The second kappa shape index (κ2) is 4.58. The average Bonchev–Trinajstić information content (AvgIpc) is 3.30. The van der Waals surface area contributed by atoms with Crippen LogP contribution in [-0.4, -0.2) is 65.1 Å². The molecule has 2 saturated carbocycles. The Hall–Kier alpha value is -1.22. The zero-order valence-corrected chi connectivity index (χ0v) is 16.4. The van der Waals surface area contributed by atoms with E-state index in [1.165, 1.54) is 0 Å². The molecular weight excluding hydrogens is 368 g/mol. The molecule has 6 fully saturated rings. The fraction of sp³-hybridized carbons (Fsp3) is 0.900. The normalized spacial score (nSPS) is 61.1. The van der Waals surface area contributed by atoms with Crippen LogP contribution in [0, 0.1) is 34.0 Å². The van der Waals surface area contributed by atoms with E-state index in [-0.39, 0.29) is 12.3 Å². The van der Waals surface area contributed by atoms with E-state index in [0.29, 0.717) is 6.61 Å². The van der Waals surface area contributed by atoms with Crippen LogP contribution in [-0.2, 0) is 28.5 Å². The van der Waals surface area contributed by atoms with Gasteiger partial charge in [-0.15, -0.1) is 0 Å². The lowest BCUT2D eigenvalue weighted by Gasteiger charge is -2.46. The molecule has 154 valence electrons. The molecule has 8 nitrogen and oxygen atoms in total. The summed E-state index contributed by atoms with van der Waals surface area (Å²) >= 11 is 0. The summed E-state index contributed by atoms with van der Waals surface area (Å²) in [4.78, 5) is 25.8. The Labute approximate surface area is 162 Å². The zero-order valence-electron chi connectivity index (χ0n) is 16.4. The summed E-state index contributed by atoms with van der Waals surface area (Å²) in [6.45, 7) is 8.33. The molecule has 0 aromatic heterocycles. The van der Waals surface area contributed by atoms with Gasteiger partial charge in [-0.05, 0) is 11.3 Å². The highest BCUT2D eigenvalue weighted by molar-refractivity contribution is 5.89. The second-order valence-corrected chi connectivity index (χ2v) is 10.7. The highest BCUT2D eigenvalue weighted by Gasteiger charge is 2.99. The van der Waals surface area contributed by atoms with Crippen molar-refractivity contribution in [1.82, 2.24) is 0 Å². The van der Waals surface area contributed by atoms with Gasteiger partial charge < -0.3 is 29.2 Å². The number of rotatable bonds is 0. The van der Waals surface area contributed by atoms with E-state index in [1.54, 1.807) is 0 Å². The molecule has 7 unspecified atom stereocenters. The summed E-state index contributed by atoms with van der Waals surface area (Å²) in [7, 11) is 0. The molecule has 0 aromatic carbocycles. The molecule has 0 amide bonds. The summed E-state index contributed by atoms with van der Waals surface area (Å²) in [6.07, 6.45) is -4.68. The second-order valence-electron chi connectivity index (χ2n) is 10.7. The predicted octanol–water partition coefficient (Wildman–Crippen LogP) is -0.0110. The van der Waals surface area contributed by atoms with E-state index < -0.39 is 76.3 Å². The third-order valence-corrected chi connectivity index (χ3v) is 8.67. The molecule has 8 heteroatoms. The summed E-state index contributed by atoms with van der Waals surface area (Å²) in [5.41, 5.74) is -4.23. The van der Waals surface area contributed by atoms with Crippen LogP contribution in [0.15, 0.2) is 0 Å². The molecule has 2 aliphatic carbocycles. The van der Waals surface area contributed by atoms with Gasteiger partial charge in [-0.2, -0.15) is 0 Å². The van der Waals surface area contributed by atoms with Gasteiger partial charge in [0.05, 0.1) is 42.2 Å². The fourth-order valence-electron chi connectivity index (χ4n) is 8.40. The lowest BCUT2D eigenvalue weighted by molar-refractivity contribution is -0.207. The van der Waals surface area contributed by atoms with Gasteiger partial charge in [0.1, 0.15) is 6.10 Å². The Morgan fingerprint density at radius 1 is 1.14 bits per heavy atom. The van der Waals surface area contributed by atoms with Gasteiger partial charge in [-0.25, -0.2) is 4.79 Å². The molecule has 0 bridgehead atoms. The molecule has 4 aliphatic heterocycles. The molecule has 6 rings (SSSR count). The van der Waals surface area contributed by atoms with Gasteiger partial charge in [0.25, 0.3) is 0 Å². The molecule has 2 spiro atoms. The van der Waals surface area contributed by atoms with Gasteiger partial charge in [-0.3, -0.25) is 4.79 Å². The minimum Gasteiger partial charge on any atom is -0.457 e. The topological polar surface area (TPSA) is 112 Å². The molecule has 4 heterocycles. The molecule has 4 saturated heterocycles. The molecular formula is C20H26O8. The van der Waals surface area contributed by atoms with Crippen molar-refractivity contribution in [3.8, 4) is 0 Å². The van der Waals surface area contributed by atoms with Gasteiger partial charge in [-0.1, -0.05) is 27.7 Å². The monoisotopic (exact) mass is 394 g/mol. The first-order valence-electron chi connectivity index (χ1n) is 10.1. The lowest BCUT2D eigenvalue weighted by atomic mass is 9.52.